The van der Waals surface area contributed by atoms with Gasteiger partial charge in [0.1, 0.15) is 11.6 Å². The van der Waals surface area contributed by atoms with E-state index in [4.69, 9.17) is 9.15 Å². The minimum absolute atomic E-state index is 0.129. The highest BCUT2D eigenvalue weighted by Crippen LogP contribution is 2.31. The maximum absolute atomic E-state index is 9.77. The van der Waals surface area contributed by atoms with Crippen molar-refractivity contribution in [2.75, 3.05) is 6.61 Å². The number of nitrogens with zero attached hydrogens (tertiary/aromatic N) is 2. The van der Waals surface area contributed by atoms with Gasteiger partial charge in [0.05, 0.1) is 19.4 Å². The van der Waals surface area contributed by atoms with Crippen LogP contribution in [0.5, 0.6) is 11.5 Å². The number of imidazole rings is 1. The van der Waals surface area contributed by atoms with Crippen LogP contribution in [-0.2, 0) is 6.54 Å². The highest BCUT2D eigenvalue weighted by Gasteiger charge is 2.11. The Kier molecular flexibility index (Phi) is 3.64. The van der Waals surface area contributed by atoms with Crippen molar-refractivity contribution >= 4 is 0 Å². The van der Waals surface area contributed by atoms with Gasteiger partial charge in [-0.1, -0.05) is 0 Å². The van der Waals surface area contributed by atoms with Crippen molar-refractivity contribution < 1.29 is 14.3 Å². The van der Waals surface area contributed by atoms with Gasteiger partial charge >= 0.3 is 0 Å². The highest BCUT2D eigenvalue weighted by molar-refractivity contribution is 5.61. The third-order valence-electron chi connectivity index (χ3n) is 3.14. The minimum atomic E-state index is 0.129. The van der Waals surface area contributed by atoms with Crippen molar-refractivity contribution in [2.24, 2.45) is 0 Å². The average Bonchev–Trinajstić information content (AvgIpc) is 3.14. The van der Waals surface area contributed by atoms with Crippen LogP contribution in [0, 0.1) is 0 Å². The lowest BCUT2D eigenvalue weighted by atomic mass is 10.2. The molecule has 3 aromatic rings. The lowest BCUT2D eigenvalue weighted by molar-refractivity contribution is 0.318. The second-order valence-corrected chi connectivity index (χ2v) is 4.57. The van der Waals surface area contributed by atoms with Crippen LogP contribution in [0.15, 0.2) is 53.4 Å². The molecule has 1 aromatic carbocycles. The lowest BCUT2D eigenvalue weighted by Gasteiger charge is -2.10. The van der Waals surface area contributed by atoms with Crippen molar-refractivity contribution in [3.8, 4) is 22.9 Å². The number of benzene rings is 1. The Bertz CT molecular complexity index is 717. The zero-order chi connectivity index (χ0) is 14.7. The van der Waals surface area contributed by atoms with Gasteiger partial charge in [0.2, 0.25) is 0 Å². The summed E-state index contributed by atoms with van der Waals surface area (Å²) in [4.78, 5) is 4.38. The Balaban J connectivity index is 1.94. The van der Waals surface area contributed by atoms with E-state index in [1.807, 2.05) is 35.9 Å². The van der Waals surface area contributed by atoms with Gasteiger partial charge in [-0.3, -0.25) is 0 Å². The highest BCUT2D eigenvalue weighted by atomic mass is 16.5. The molecule has 1 N–H and O–H groups in total. The van der Waals surface area contributed by atoms with Crippen LogP contribution in [0.1, 0.15) is 12.7 Å². The van der Waals surface area contributed by atoms with E-state index in [-0.39, 0.29) is 5.75 Å². The molecule has 0 saturated heterocycles. The Labute approximate surface area is 122 Å². The molecular weight excluding hydrogens is 268 g/mol. The summed E-state index contributed by atoms with van der Waals surface area (Å²) in [7, 11) is 0. The Morgan fingerprint density at radius 3 is 3.00 bits per heavy atom. The van der Waals surface area contributed by atoms with Gasteiger partial charge in [0, 0.05) is 18.0 Å². The van der Waals surface area contributed by atoms with Crippen molar-refractivity contribution in [3.05, 3.63) is 54.7 Å². The van der Waals surface area contributed by atoms with Crippen molar-refractivity contribution in [3.63, 3.8) is 0 Å². The standard InChI is InChI=1S/C16H16N2O3/c1-2-20-15-10-12(5-6-14(15)19)16-17-7-8-18(16)11-13-4-3-9-21-13/h3-10,19H,2,11H2,1H3. The summed E-state index contributed by atoms with van der Waals surface area (Å²) >= 11 is 0. The predicted molar refractivity (Wildman–Crippen MR) is 78.3 cm³/mol. The van der Waals surface area contributed by atoms with Crippen LogP contribution >= 0.6 is 0 Å². The fourth-order valence-corrected chi connectivity index (χ4v) is 2.19. The van der Waals surface area contributed by atoms with Crippen LogP contribution < -0.4 is 4.74 Å². The molecule has 0 radical (unpaired) electrons. The molecule has 108 valence electrons. The molecule has 0 spiro atoms. The molecule has 0 saturated carbocycles. The summed E-state index contributed by atoms with van der Waals surface area (Å²) in [6, 6.07) is 9.01. The van der Waals surface area contributed by atoms with Crippen molar-refractivity contribution in [2.45, 2.75) is 13.5 Å². The molecule has 0 bridgehead atoms. The number of hydrogen-bond donors (Lipinski definition) is 1. The van der Waals surface area contributed by atoms with Gasteiger partial charge in [0.15, 0.2) is 11.5 Å². The number of phenolic OH excluding ortho intramolecular Hbond substituents is 1. The van der Waals surface area contributed by atoms with Crippen molar-refractivity contribution in [1.82, 2.24) is 9.55 Å². The van der Waals surface area contributed by atoms with E-state index in [0.717, 1.165) is 17.1 Å². The summed E-state index contributed by atoms with van der Waals surface area (Å²) in [5.74, 6) is 2.25. The summed E-state index contributed by atoms with van der Waals surface area (Å²) in [5, 5.41) is 9.77. The topological polar surface area (TPSA) is 60.4 Å². The van der Waals surface area contributed by atoms with Crippen molar-refractivity contribution in [1.29, 1.82) is 0 Å². The molecule has 0 aliphatic carbocycles. The summed E-state index contributed by atoms with van der Waals surface area (Å²) in [6.07, 6.45) is 5.29. The second-order valence-electron chi connectivity index (χ2n) is 4.57. The summed E-state index contributed by atoms with van der Waals surface area (Å²) < 4.78 is 12.8. The lowest BCUT2D eigenvalue weighted by Crippen LogP contribution is -2.00. The first-order valence-electron chi connectivity index (χ1n) is 6.77. The molecule has 2 heterocycles. The first kappa shape index (κ1) is 13.3. The van der Waals surface area contributed by atoms with Crippen LogP contribution in [0.2, 0.25) is 0 Å². The van der Waals surface area contributed by atoms with E-state index in [2.05, 4.69) is 4.98 Å². The maximum atomic E-state index is 9.77. The third-order valence-corrected chi connectivity index (χ3v) is 3.14. The fourth-order valence-electron chi connectivity index (χ4n) is 2.19. The number of ether oxygens (including phenoxy) is 1. The number of rotatable bonds is 5. The van der Waals surface area contributed by atoms with Gasteiger partial charge in [0.25, 0.3) is 0 Å². The number of furan rings is 1. The third kappa shape index (κ3) is 2.76. The van der Waals surface area contributed by atoms with Crippen LogP contribution in [0.25, 0.3) is 11.4 Å². The second kappa shape index (κ2) is 5.75. The van der Waals surface area contributed by atoms with Crippen LogP contribution in [0.4, 0.5) is 0 Å². The van der Waals surface area contributed by atoms with E-state index < -0.39 is 0 Å². The van der Waals surface area contributed by atoms with Crippen LogP contribution in [0.3, 0.4) is 0 Å². The van der Waals surface area contributed by atoms with E-state index in [0.29, 0.717) is 18.9 Å². The molecule has 0 amide bonds. The molecule has 0 aliphatic rings. The Hall–Kier alpha value is -2.69. The zero-order valence-electron chi connectivity index (χ0n) is 11.7. The smallest absolute Gasteiger partial charge is 0.161 e. The Morgan fingerprint density at radius 2 is 2.24 bits per heavy atom. The zero-order valence-corrected chi connectivity index (χ0v) is 11.7. The van der Waals surface area contributed by atoms with E-state index in [1.54, 1.807) is 24.6 Å². The molecule has 21 heavy (non-hydrogen) atoms. The van der Waals surface area contributed by atoms with Crippen LogP contribution in [-0.4, -0.2) is 21.3 Å². The largest absolute Gasteiger partial charge is 0.504 e. The predicted octanol–water partition coefficient (Wildman–Crippen LogP) is 3.30. The molecule has 0 unspecified atom stereocenters. The fraction of sp³-hybridized carbons (Fsp3) is 0.188. The minimum Gasteiger partial charge on any atom is -0.504 e. The molecule has 0 aliphatic heterocycles. The Morgan fingerprint density at radius 1 is 1.33 bits per heavy atom. The summed E-state index contributed by atoms with van der Waals surface area (Å²) in [6.45, 7) is 2.98. The van der Waals surface area contributed by atoms with E-state index in [9.17, 15) is 5.11 Å². The number of hydrogen-bond acceptors (Lipinski definition) is 4. The number of aromatic hydroxyl groups is 1. The molecular formula is C16H16N2O3. The van der Waals surface area contributed by atoms with Gasteiger partial charge in [-0.25, -0.2) is 4.98 Å². The molecule has 5 heteroatoms. The van der Waals surface area contributed by atoms with Gasteiger partial charge < -0.3 is 18.8 Å². The monoisotopic (exact) mass is 284 g/mol. The quantitative estimate of drug-likeness (QED) is 0.781. The first-order valence-corrected chi connectivity index (χ1v) is 6.77. The van der Waals surface area contributed by atoms with Gasteiger partial charge in [-0.15, -0.1) is 0 Å². The van der Waals surface area contributed by atoms with E-state index >= 15 is 0 Å². The first-order chi connectivity index (χ1) is 10.3. The molecule has 2 aromatic heterocycles. The van der Waals surface area contributed by atoms with Gasteiger partial charge in [-0.2, -0.15) is 0 Å². The summed E-state index contributed by atoms with van der Waals surface area (Å²) in [5.41, 5.74) is 0.882. The maximum Gasteiger partial charge on any atom is 0.161 e. The average molecular weight is 284 g/mol. The van der Waals surface area contributed by atoms with Gasteiger partial charge in [-0.05, 0) is 37.3 Å². The SMILES string of the molecule is CCOc1cc(-c2nccn2Cc2ccco2)ccc1O. The molecule has 5 nitrogen and oxygen atoms in total. The molecule has 3 rings (SSSR count). The van der Waals surface area contributed by atoms with E-state index in [1.165, 1.54) is 0 Å². The molecule has 0 fully saturated rings. The number of phenols is 1. The molecule has 0 atom stereocenters. The normalized spacial score (nSPS) is 10.7. The number of aromatic nitrogens is 2.